The fourth-order valence-corrected chi connectivity index (χ4v) is 4.26. The molecule has 0 aliphatic carbocycles. The minimum absolute atomic E-state index is 0.0150. The highest BCUT2D eigenvalue weighted by atomic mass is 19.4. The number of likely N-dealkylation sites (tertiary alicyclic amines) is 1. The van der Waals surface area contributed by atoms with Crippen LogP contribution in [0.25, 0.3) is 11.0 Å². The first-order valence-corrected chi connectivity index (χ1v) is 10.1. The Morgan fingerprint density at radius 2 is 1.77 bits per heavy atom. The van der Waals surface area contributed by atoms with Crippen LogP contribution in [0.5, 0.6) is 0 Å². The highest BCUT2D eigenvalue weighted by Gasteiger charge is 2.40. The Bertz CT molecular complexity index is 1080. The normalized spacial score (nSPS) is 15.7. The van der Waals surface area contributed by atoms with E-state index in [1.807, 2.05) is 38.1 Å². The van der Waals surface area contributed by atoms with Crippen LogP contribution in [0.1, 0.15) is 41.4 Å². The van der Waals surface area contributed by atoms with Crippen LogP contribution >= 0.6 is 0 Å². The Kier molecular flexibility index (Phi) is 5.30. The van der Waals surface area contributed by atoms with Crippen LogP contribution in [-0.2, 0) is 17.4 Å². The van der Waals surface area contributed by atoms with Crippen LogP contribution < -0.4 is 0 Å². The predicted octanol–water partition coefficient (Wildman–Crippen LogP) is 5.08. The number of carbonyl (C=O) groups is 1. The number of aryl methyl sites for hydroxylation is 2. The summed E-state index contributed by atoms with van der Waals surface area (Å²) >= 11 is 0. The molecular formula is C23H24F3N3O. The van der Waals surface area contributed by atoms with Gasteiger partial charge in [0, 0.05) is 19.1 Å². The van der Waals surface area contributed by atoms with Crippen LogP contribution in [0.2, 0.25) is 0 Å². The van der Waals surface area contributed by atoms with Gasteiger partial charge in [0.05, 0.1) is 17.5 Å². The van der Waals surface area contributed by atoms with Crippen molar-refractivity contribution in [3.8, 4) is 0 Å². The molecule has 1 aliphatic heterocycles. The molecule has 1 amide bonds. The summed E-state index contributed by atoms with van der Waals surface area (Å²) in [5, 5.41) is 0. The van der Waals surface area contributed by atoms with Gasteiger partial charge < -0.3 is 9.47 Å². The van der Waals surface area contributed by atoms with E-state index >= 15 is 0 Å². The number of carbonyl (C=O) groups excluding carboxylic acids is 1. The van der Waals surface area contributed by atoms with E-state index in [1.165, 1.54) is 4.57 Å². The summed E-state index contributed by atoms with van der Waals surface area (Å²) in [5.41, 5.74) is 3.79. The minimum Gasteiger partial charge on any atom is -0.342 e. The third-order valence-corrected chi connectivity index (χ3v) is 5.72. The summed E-state index contributed by atoms with van der Waals surface area (Å²) in [5.74, 6) is -0.839. The molecule has 1 aromatic heterocycles. The lowest BCUT2D eigenvalue weighted by atomic mass is 10.0. The van der Waals surface area contributed by atoms with Crippen LogP contribution in [0, 0.1) is 13.8 Å². The Labute approximate surface area is 173 Å². The van der Waals surface area contributed by atoms with E-state index in [9.17, 15) is 18.0 Å². The lowest BCUT2D eigenvalue weighted by Gasteiger charge is -2.34. The molecule has 2 heterocycles. The van der Waals surface area contributed by atoms with Gasteiger partial charge >= 0.3 is 6.18 Å². The molecule has 0 atom stereocenters. The molecule has 3 aromatic rings. The second-order valence-corrected chi connectivity index (χ2v) is 8.07. The maximum atomic E-state index is 13.7. The molecule has 4 nitrogen and oxygen atoms in total. The fraction of sp³-hybridized carbons (Fsp3) is 0.391. The number of benzene rings is 2. The number of piperidine rings is 1. The van der Waals surface area contributed by atoms with E-state index in [-0.39, 0.29) is 11.9 Å². The zero-order valence-electron chi connectivity index (χ0n) is 17.0. The number of amides is 1. The molecule has 0 bridgehead atoms. The Hall–Kier alpha value is -2.83. The monoisotopic (exact) mass is 415 g/mol. The van der Waals surface area contributed by atoms with Crippen LogP contribution in [0.3, 0.4) is 0 Å². The molecule has 0 N–H and O–H groups in total. The third-order valence-electron chi connectivity index (χ3n) is 5.72. The van der Waals surface area contributed by atoms with E-state index in [2.05, 4.69) is 4.98 Å². The van der Waals surface area contributed by atoms with E-state index in [1.54, 1.807) is 23.1 Å². The van der Waals surface area contributed by atoms with Crippen LogP contribution in [-0.4, -0.2) is 33.4 Å². The van der Waals surface area contributed by atoms with Crippen molar-refractivity contribution in [3.63, 3.8) is 0 Å². The topological polar surface area (TPSA) is 38.1 Å². The molecule has 0 unspecified atom stereocenters. The number of fused-ring (bicyclic) bond motifs is 1. The highest BCUT2D eigenvalue weighted by molar-refractivity contribution is 5.79. The second kappa shape index (κ2) is 7.78. The number of hydrogen-bond acceptors (Lipinski definition) is 2. The SMILES string of the molecule is Cc1cccc(CC(=O)N2CCC(n3c(C(F)(F)F)nc4cc(C)ccc43)CC2)c1. The van der Waals surface area contributed by atoms with Gasteiger partial charge in [0.2, 0.25) is 11.7 Å². The van der Waals surface area contributed by atoms with Crippen molar-refractivity contribution in [2.45, 2.75) is 45.3 Å². The lowest BCUT2D eigenvalue weighted by molar-refractivity contribution is -0.148. The molecule has 1 aliphatic rings. The van der Waals surface area contributed by atoms with Crippen molar-refractivity contribution in [3.05, 3.63) is 65.0 Å². The highest BCUT2D eigenvalue weighted by Crippen LogP contribution is 2.37. The zero-order valence-corrected chi connectivity index (χ0v) is 17.0. The maximum absolute atomic E-state index is 13.7. The van der Waals surface area contributed by atoms with Crippen molar-refractivity contribution in [2.24, 2.45) is 0 Å². The molecule has 0 radical (unpaired) electrons. The fourth-order valence-electron chi connectivity index (χ4n) is 4.26. The van der Waals surface area contributed by atoms with Crippen molar-refractivity contribution in [1.29, 1.82) is 0 Å². The number of rotatable bonds is 3. The number of hydrogen-bond donors (Lipinski definition) is 0. The molecule has 0 saturated carbocycles. The van der Waals surface area contributed by atoms with E-state index < -0.39 is 12.0 Å². The van der Waals surface area contributed by atoms with Crippen molar-refractivity contribution < 1.29 is 18.0 Å². The molecule has 0 spiro atoms. The van der Waals surface area contributed by atoms with Crippen LogP contribution in [0.4, 0.5) is 13.2 Å². The average Bonchev–Trinajstić information content (AvgIpc) is 3.07. The summed E-state index contributed by atoms with van der Waals surface area (Å²) in [4.78, 5) is 18.3. The summed E-state index contributed by atoms with van der Waals surface area (Å²) in [6.45, 7) is 4.70. The van der Waals surface area contributed by atoms with E-state index in [4.69, 9.17) is 0 Å². The van der Waals surface area contributed by atoms with Gasteiger partial charge in [-0.3, -0.25) is 4.79 Å². The van der Waals surface area contributed by atoms with Gasteiger partial charge in [0.1, 0.15) is 0 Å². The summed E-state index contributed by atoms with van der Waals surface area (Å²) in [7, 11) is 0. The molecule has 7 heteroatoms. The van der Waals surface area contributed by atoms with Gasteiger partial charge in [-0.15, -0.1) is 0 Å². The van der Waals surface area contributed by atoms with Crippen molar-refractivity contribution in [1.82, 2.24) is 14.5 Å². The smallest absolute Gasteiger partial charge is 0.342 e. The van der Waals surface area contributed by atoms with Gasteiger partial charge in [-0.05, 0) is 49.9 Å². The number of halogens is 3. The lowest BCUT2D eigenvalue weighted by Crippen LogP contribution is -2.40. The summed E-state index contributed by atoms with van der Waals surface area (Å²) in [6, 6.07) is 12.7. The first-order chi connectivity index (χ1) is 14.2. The Morgan fingerprint density at radius 1 is 1.07 bits per heavy atom. The molecule has 30 heavy (non-hydrogen) atoms. The standard InChI is InChI=1S/C23H24F3N3O/c1-15-4-3-5-17(12-15)14-21(30)28-10-8-18(9-11-28)29-20-7-6-16(2)13-19(20)27-22(29)23(24,25)26/h3-7,12-13,18H,8-11,14H2,1-2H3. The molecule has 2 aromatic carbocycles. The molecule has 158 valence electrons. The molecule has 1 fully saturated rings. The first kappa shape index (κ1) is 20.4. The number of aromatic nitrogens is 2. The largest absolute Gasteiger partial charge is 0.449 e. The van der Waals surface area contributed by atoms with Gasteiger partial charge in [-0.2, -0.15) is 13.2 Å². The second-order valence-electron chi connectivity index (χ2n) is 8.07. The number of imidazole rings is 1. The zero-order chi connectivity index (χ0) is 21.5. The van der Waals surface area contributed by atoms with E-state index in [0.29, 0.717) is 43.4 Å². The maximum Gasteiger partial charge on any atom is 0.449 e. The average molecular weight is 415 g/mol. The van der Waals surface area contributed by atoms with Crippen molar-refractivity contribution in [2.75, 3.05) is 13.1 Å². The van der Waals surface area contributed by atoms with Gasteiger partial charge in [-0.1, -0.05) is 35.9 Å². The van der Waals surface area contributed by atoms with Gasteiger partial charge in [0.15, 0.2) is 0 Å². The molecular weight excluding hydrogens is 391 g/mol. The quantitative estimate of drug-likeness (QED) is 0.599. The minimum atomic E-state index is -4.52. The van der Waals surface area contributed by atoms with Gasteiger partial charge in [-0.25, -0.2) is 4.98 Å². The predicted molar refractivity (Wildman–Crippen MR) is 109 cm³/mol. The molecule has 1 saturated heterocycles. The number of alkyl halides is 3. The summed E-state index contributed by atoms with van der Waals surface area (Å²) in [6.07, 6.45) is -3.26. The van der Waals surface area contributed by atoms with Crippen molar-refractivity contribution >= 4 is 16.9 Å². The van der Waals surface area contributed by atoms with Gasteiger partial charge in [0.25, 0.3) is 0 Å². The van der Waals surface area contributed by atoms with Crippen LogP contribution in [0.15, 0.2) is 42.5 Å². The van der Waals surface area contributed by atoms with E-state index in [0.717, 1.165) is 16.7 Å². The first-order valence-electron chi connectivity index (χ1n) is 10.1. The summed E-state index contributed by atoms with van der Waals surface area (Å²) < 4.78 is 42.4. The Balaban J connectivity index is 1.53. The Morgan fingerprint density at radius 3 is 2.43 bits per heavy atom. The molecule has 4 rings (SSSR count). The number of nitrogens with zero attached hydrogens (tertiary/aromatic N) is 3. The third kappa shape index (κ3) is 4.06.